The fourth-order valence-electron chi connectivity index (χ4n) is 3.57. The monoisotopic (exact) mass is 505 g/mol. The lowest BCUT2D eigenvalue weighted by molar-refractivity contribution is -0.137. The number of hydrogen-bond acceptors (Lipinski definition) is 11. The largest absolute Gasteiger partial charge is 0.387 e. The quantitative estimate of drug-likeness (QED) is 0.297. The fraction of sp³-hybridized carbons (Fsp3) is 0.300. The molecule has 176 valence electrons. The van der Waals surface area contributed by atoms with Gasteiger partial charge in [-0.2, -0.15) is 0 Å². The van der Waals surface area contributed by atoms with Crippen LogP contribution in [0.15, 0.2) is 36.4 Å². The predicted octanol–water partition coefficient (Wildman–Crippen LogP) is 0.975. The number of likely N-dealkylation sites (N-methyl/N-ethyl adjacent to an activating group) is 1. The van der Waals surface area contributed by atoms with Gasteiger partial charge in [0.1, 0.15) is 17.2 Å². The normalized spacial score (nSPS) is 23.9. The molecule has 0 aliphatic carbocycles. The number of halogens is 1. The number of anilines is 1. The molecular formula is C20H19ClN8O4S. The summed E-state index contributed by atoms with van der Waals surface area (Å²) in [6.07, 6.45) is -0.259. The Hall–Kier alpha value is -3.23. The number of imidazole rings is 1. The summed E-state index contributed by atoms with van der Waals surface area (Å²) in [6.45, 7) is -2.45. The standard InChI is InChI=1S/C20H19ClN8O4S/c1-22-19(32)15-13(30)14(31)20(33-15)29-8-26-12-17(25-7-11-24-2-3-34-11)27-16(28-18(12)29)9-4-10(21)6-23-5-9/h2-6,8,13-15,20,30-31H,7H2,1H3,(H,22,32)(H,25,27,28)/t13-,14+,15-,20+/m0/s1/i1D3. The van der Waals surface area contributed by atoms with Crippen LogP contribution in [-0.4, -0.2) is 70.9 Å². The first kappa shape index (κ1) is 19.1. The molecule has 1 fully saturated rings. The minimum Gasteiger partial charge on any atom is -0.387 e. The van der Waals surface area contributed by atoms with Gasteiger partial charge in [-0.05, 0) is 6.07 Å². The number of thiazole rings is 1. The van der Waals surface area contributed by atoms with E-state index in [-0.39, 0.29) is 11.5 Å². The highest BCUT2D eigenvalue weighted by atomic mass is 35.5. The number of nitrogens with one attached hydrogen (secondary N) is 2. The third kappa shape index (κ3) is 4.08. The number of aliphatic hydroxyl groups is 2. The summed E-state index contributed by atoms with van der Waals surface area (Å²) in [6, 6.07) is 1.63. The molecule has 4 atom stereocenters. The van der Waals surface area contributed by atoms with Gasteiger partial charge in [-0.15, -0.1) is 11.3 Å². The van der Waals surface area contributed by atoms with Crippen molar-refractivity contribution < 1.29 is 23.9 Å². The van der Waals surface area contributed by atoms with Gasteiger partial charge < -0.3 is 25.6 Å². The number of rotatable bonds is 6. The lowest BCUT2D eigenvalue weighted by atomic mass is 10.1. The van der Waals surface area contributed by atoms with Crippen molar-refractivity contribution in [1.82, 2.24) is 34.8 Å². The van der Waals surface area contributed by atoms with Crippen molar-refractivity contribution >= 4 is 45.8 Å². The SMILES string of the molecule is [2H]C([2H])([2H])NC(=O)[C@H]1O[C@@H](n2cnc3c(NCc4nccs4)nc(-c4cncc(Cl)c4)nc32)[C@H](O)[C@@H]1O. The van der Waals surface area contributed by atoms with E-state index in [0.29, 0.717) is 28.5 Å². The molecule has 0 saturated carbocycles. The Morgan fingerprint density at radius 3 is 2.97 bits per heavy atom. The van der Waals surface area contributed by atoms with E-state index in [1.807, 2.05) is 5.38 Å². The molecule has 5 rings (SSSR count). The molecule has 0 unspecified atom stereocenters. The zero-order chi connectivity index (χ0) is 26.3. The minimum absolute atomic E-state index is 0.208. The summed E-state index contributed by atoms with van der Waals surface area (Å²) in [4.78, 5) is 34.2. The number of amides is 1. The average Bonchev–Trinajstić information content (AvgIpc) is 3.57. The van der Waals surface area contributed by atoms with Crippen LogP contribution in [0.3, 0.4) is 0 Å². The molecular weight excluding hydrogens is 484 g/mol. The lowest BCUT2D eigenvalue weighted by Gasteiger charge is -2.17. The second kappa shape index (κ2) is 9.19. The number of carbonyl (C=O) groups excluding carboxylic acids is 1. The Bertz CT molecular complexity index is 1440. The summed E-state index contributed by atoms with van der Waals surface area (Å²) in [5.41, 5.74) is 1.03. The van der Waals surface area contributed by atoms with Gasteiger partial charge in [0, 0.05) is 40.6 Å². The molecule has 0 bridgehead atoms. The molecule has 5 heterocycles. The first-order valence-corrected chi connectivity index (χ1v) is 11.2. The van der Waals surface area contributed by atoms with Crippen LogP contribution in [0.25, 0.3) is 22.6 Å². The van der Waals surface area contributed by atoms with Gasteiger partial charge in [0.05, 0.1) is 17.9 Å². The summed E-state index contributed by atoms with van der Waals surface area (Å²) in [5.74, 6) is -0.515. The average molecular weight is 506 g/mol. The number of ether oxygens (including phenoxy) is 1. The van der Waals surface area contributed by atoms with Crippen molar-refractivity contribution in [3.63, 3.8) is 0 Å². The number of fused-ring (bicyclic) bond motifs is 1. The third-order valence-corrected chi connectivity index (χ3v) is 6.16. The smallest absolute Gasteiger partial charge is 0.251 e. The number of hydrogen-bond donors (Lipinski definition) is 4. The van der Waals surface area contributed by atoms with E-state index < -0.39 is 37.4 Å². The third-order valence-electron chi connectivity index (χ3n) is 5.17. The van der Waals surface area contributed by atoms with Crippen molar-refractivity contribution in [2.75, 3.05) is 12.3 Å². The molecule has 34 heavy (non-hydrogen) atoms. The van der Waals surface area contributed by atoms with Crippen LogP contribution in [0.5, 0.6) is 0 Å². The number of aromatic nitrogens is 6. The van der Waals surface area contributed by atoms with Crippen LogP contribution >= 0.6 is 22.9 Å². The summed E-state index contributed by atoms with van der Waals surface area (Å²) >= 11 is 7.56. The molecule has 4 aromatic heterocycles. The summed E-state index contributed by atoms with van der Waals surface area (Å²) < 4.78 is 28.6. The van der Waals surface area contributed by atoms with Gasteiger partial charge in [-0.1, -0.05) is 11.6 Å². The summed E-state index contributed by atoms with van der Waals surface area (Å²) in [5, 5.41) is 29.1. The van der Waals surface area contributed by atoms with E-state index in [4.69, 9.17) is 20.5 Å². The molecule has 4 N–H and O–H groups in total. The van der Waals surface area contributed by atoms with Gasteiger partial charge in [0.15, 0.2) is 35.1 Å². The molecule has 0 spiro atoms. The van der Waals surface area contributed by atoms with Crippen LogP contribution < -0.4 is 10.6 Å². The van der Waals surface area contributed by atoms with Gasteiger partial charge in [-0.25, -0.2) is 19.9 Å². The van der Waals surface area contributed by atoms with Crippen LogP contribution in [0.1, 0.15) is 15.3 Å². The number of carbonyl (C=O) groups is 1. The maximum Gasteiger partial charge on any atom is 0.251 e. The second-order valence-corrected chi connectivity index (χ2v) is 8.72. The number of aliphatic hydroxyl groups excluding tert-OH is 2. The Balaban J connectivity index is 1.54. The molecule has 1 saturated heterocycles. The van der Waals surface area contributed by atoms with Crippen molar-refractivity contribution in [1.29, 1.82) is 0 Å². The molecule has 1 aliphatic rings. The second-order valence-electron chi connectivity index (χ2n) is 7.31. The van der Waals surface area contributed by atoms with Crippen LogP contribution in [-0.2, 0) is 16.1 Å². The number of pyridine rings is 1. The molecule has 1 amide bonds. The Kier molecular flexibility index (Phi) is 5.17. The first-order chi connectivity index (χ1) is 17.6. The highest BCUT2D eigenvalue weighted by Gasteiger charge is 2.47. The zero-order valence-corrected chi connectivity index (χ0v) is 18.7. The molecule has 12 nitrogen and oxygen atoms in total. The van der Waals surface area contributed by atoms with E-state index in [9.17, 15) is 15.0 Å². The van der Waals surface area contributed by atoms with Gasteiger partial charge in [0.25, 0.3) is 5.91 Å². The van der Waals surface area contributed by atoms with E-state index in [2.05, 4.69) is 30.2 Å². The molecule has 0 radical (unpaired) electrons. The van der Waals surface area contributed by atoms with Crippen molar-refractivity contribution in [2.24, 2.45) is 0 Å². The molecule has 14 heteroatoms. The Morgan fingerprint density at radius 1 is 1.32 bits per heavy atom. The summed E-state index contributed by atoms with van der Waals surface area (Å²) in [7, 11) is 0. The van der Waals surface area contributed by atoms with Crippen LogP contribution in [0, 0.1) is 0 Å². The Labute approximate surface area is 205 Å². The van der Waals surface area contributed by atoms with Crippen molar-refractivity contribution in [3.8, 4) is 11.4 Å². The van der Waals surface area contributed by atoms with Gasteiger partial charge in [0.2, 0.25) is 0 Å². The highest BCUT2D eigenvalue weighted by molar-refractivity contribution is 7.09. The van der Waals surface area contributed by atoms with Crippen LogP contribution in [0.4, 0.5) is 5.82 Å². The topological polar surface area (TPSA) is 160 Å². The Morgan fingerprint density at radius 2 is 2.21 bits per heavy atom. The van der Waals surface area contributed by atoms with Crippen molar-refractivity contribution in [3.05, 3.63) is 46.4 Å². The van der Waals surface area contributed by atoms with E-state index in [1.54, 1.807) is 17.6 Å². The minimum atomic E-state index is -2.80. The zero-order valence-electron chi connectivity index (χ0n) is 20.2. The van der Waals surface area contributed by atoms with E-state index in [1.165, 1.54) is 34.6 Å². The van der Waals surface area contributed by atoms with E-state index in [0.717, 1.165) is 5.01 Å². The number of nitrogens with zero attached hydrogens (tertiary/aromatic N) is 6. The fourth-order valence-corrected chi connectivity index (χ4v) is 4.30. The van der Waals surface area contributed by atoms with E-state index >= 15 is 0 Å². The van der Waals surface area contributed by atoms with Crippen LogP contribution in [0.2, 0.25) is 5.02 Å². The maximum absolute atomic E-state index is 12.4. The highest BCUT2D eigenvalue weighted by Crippen LogP contribution is 2.33. The molecule has 0 aromatic carbocycles. The lowest BCUT2D eigenvalue weighted by Crippen LogP contribution is -2.41. The maximum atomic E-state index is 12.4. The first-order valence-electron chi connectivity index (χ1n) is 11.4. The van der Waals surface area contributed by atoms with Gasteiger partial charge >= 0.3 is 0 Å². The van der Waals surface area contributed by atoms with Crippen molar-refractivity contribution in [2.45, 2.75) is 31.1 Å². The van der Waals surface area contributed by atoms with Gasteiger partial charge in [-0.3, -0.25) is 14.3 Å². The molecule has 1 aliphatic heterocycles. The predicted molar refractivity (Wildman–Crippen MR) is 123 cm³/mol. The molecule has 4 aromatic rings.